The molecular weight excluding hydrogens is 444 g/mol. The van der Waals surface area contributed by atoms with E-state index in [0.717, 1.165) is 0 Å². The first kappa shape index (κ1) is 25.6. The summed E-state index contributed by atoms with van der Waals surface area (Å²) in [5, 5.41) is 89.4. The molecule has 0 amide bonds. The van der Waals surface area contributed by atoms with Crippen molar-refractivity contribution < 1.29 is 74.4 Å². The predicted molar refractivity (Wildman–Crippen MR) is 94.4 cm³/mol. The highest BCUT2D eigenvalue weighted by Gasteiger charge is 2.52. The largest absolute Gasteiger partial charge is 0.479 e. The van der Waals surface area contributed by atoms with Crippen LogP contribution in [-0.2, 0) is 28.5 Å². The maximum absolute atomic E-state index is 11.1. The summed E-state index contributed by atoms with van der Waals surface area (Å²) in [6, 6.07) is 0. The van der Waals surface area contributed by atoms with Crippen LogP contribution in [0, 0.1) is 0 Å². The summed E-state index contributed by atoms with van der Waals surface area (Å²) in [7, 11) is 0. The number of hydrogen-bond donors (Lipinski definition) is 9. The smallest absolute Gasteiger partial charge is 0.335 e. The fraction of sp³-hybridized carbons (Fsp3) is 0.941. The van der Waals surface area contributed by atoms with Crippen molar-refractivity contribution in [3.05, 3.63) is 0 Å². The molecule has 0 aromatic rings. The van der Waals surface area contributed by atoms with E-state index in [2.05, 4.69) is 0 Å². The number of aliphatic hydroxyl groups excluding tert-OH is 8. The minimum absolute atomic E-state index is 0.475. The lowest BCUT2D eigenvalue weighted by molar-refractivity contribution is -0.377. The number of aliphatic hydroxyl groups is 8. The molecule has 0 aromatic carbocycles. The molecule has 1 unspecified atom stereocenters. The van der Waals surface area contributed by atoms with E-state index in [0.29, 0.717) is 0 Å². The van der Waals surface area contributed by atoms with Crippen molar-refractivity contribution in [1.29, 1.82) is 0 Å². The summed E-state index contributed by atoms with van der Waals surface area (Å²) in [5.41, 5.74) is 0. The quantitative estimate of drug-likeness (QED) is 0.181. The van der Waals surface area contributed by atoms with Crippen LogP contribution >= 0.6 is 0 Å². The summed E-state index contributed by atoms with van der Waals surface area (Å²) in [5.74, 6) is -1.64. The van der Waals surface area contributed by atoms with Gasteiger partial charge in [-0.3, -0.25) is 0 Å². The predicted octanol–water partition coefficient (Wildman–Crippen LogP) is -5.81. The minimum atomic E-state index is -2.03. The van der Waals surface area contributed by atoms with Gasteiger partial charge in [-0.25, -0.2) is 4.79 Å². The van der Waals surface area contributed by atoms with Gasteiger partial charge in [-0.1, -0.05) is 0 Å². The molecule has 0 aliphatic carbocycles. The van der Waals surface area contributed by atoms with Gasteiger partial charge in [0.1, 0.15) is 54.9 Å². The topological polar surface area (TPSA) is 245 Å². The first-order valence-electron chi connectivity index (χ1n) is 9.84. The highest BCUT2D eigenvalue weighted by atomic mass is 16.8. The second-order valence-corrected chi connectivity index (χ2v) is 7.91. The van der Waals surface area contributed by atoms with Crippen LogP contribution in [0.4, 0.5) is 0 Å². The van der Waals surface area contributed by atoms with E-state index in [-0.39, 0.29) is 0 Å². The second kappa shape index (κ2) is 10.1. The van der Waals surface area contributed by atoms with E-state index in [1.807, 2.05) is 0 Å². The standard InChI is InChI=1S/C17H28O15/c1-3-5(19)7(21)10(24)16(29-3)32-13-6(20)4(18)2-28-17(13)31-12-9(23)8(22)11(14(25)26)30-15(12)27/h3-13,15-24,27H,2H2,1H3,(H,25,26)/t3-,4+,5-,6-,7+,8-,9-,10+,11-,12+,13+,15?,16-,17-/m0/s1. The minimum Gasteiger partial charge on any atom is -0.479 e. The van der Waals surface area contributed by atoms with Gasteiger partial charge in [0.25, 0.3) is 0 Å². The molecule has 3 saturated heterocycles. The van der Waals surface area contributed by atoms with Crippen molar-refractivity contribution >= 4 is 5.97 Å². The zero-order chi connectivity index (χ0) is 23.9. The van der Waals surface area contributed by atoms with Crippen LogP contribution in [0.1, 0.15) is 6.92 Å². The Bertz CT molecular complexity index is 649. The highest BCUT2D eigenvalue weighted by Crippen LogP contribution is 2.30. The first-order valence-corrected chi connectivity index (χ1v) is 9.84. The Kier molecular flexibility index (Phi) is 8.04. The lowest BCUT2D eigenvalue weighted by Gasteiger charge is -2.46. The Balaban J connectivity index is 1.75. The summed E-state index contributed by atoms with van der Waals surface area (Å²) in [6.45, 7) is 0.913. The Hall–Kier alpha value is -1.05. The molecular formula is C17H28O15. The molecule has 3 aliphatic rings. The number of carboxylic acids is 1. The van der Waals surface area contributed by atoms with Crippen LogP contribution < -0.4 is 0 Å². The summed E-state index contributed by atoms with van der Waals surface area (Å²) >= 11 is 0. The Labute approximate surface area is 180 Å². The Morgan fingerprint density at radius 1 is 0.750 bits per heavy atom. The number of ether oxygens (including phenoxy) is 5. The van der Waals surface area contributed by atoms with Crippen molar-refractivity contribution in [2.75, 3.05) is 6.61 Å². The number of carbonyl (C=O) groups is 1. The third-order valence-electron chi connectivity index (χ3n) is 5.63. The molecule has 186 valence electrons. The lowest BCUT2D eigenvalue weighted by Crippen LogP contribution is -2.65. The average Bonchev–Trinajstić information content (AvgIpc) is 2.74. The van der Waals surface area contributed by atoms with E-state index in [4.69, 9.17) is 28.8 Å². The Morgan fingerprint density at radius 3 is 2.00 bits per heavy atom. The Morgan fingerprint density at radius 2 is 1.38 bits per heavy atom. The van der Waals surface area contributed by atoms with E-state index >= 15 is 0 Å². The molecule has 0 saturated carbocycles. The molecule has 3 heterocycles. The van der Waals surface area contributed by atoms with Gasteiger partial charge in [0.2, 0.25) is 0 Å². The number of hydrogen-bond acceptors (Lipinski definition) is 14. The van der Waals surface area contributed by atoms with Crippen molar-refractivity contribution in [3.63, 3.8) is 0 Å². The molecule has 0 aromatic heterocycles. The number of aliphatic carboxylic acids is 1. The summed E-state index contributed by atoms with van der Waals surface area (Å²) in [6.07, 6.45) is -23.6. The third-order valence-corrected chi connectivity index (χ3v) is 5.63. The van der Waals surface area contributed by atoms with Crippen LogP contribution in [-0.4, -0.2) is 145 Å². The normalized spacial score (nSPS) is 52.5. The fourth-order valence-electron chi connectivity index (χ4n) is 3.67. The zero-order valence-corrected chi connectivity index (χ0v) is 16.8. The van der Waals surface area contributed by atoms with Gasteiger partial charge < -0.3 is 69.6 Å². The van der Waals surface area contributed by atoms with Gasteiger partial charge in [-0.15, -0.1) is 0 Å². The van der Waals surface area contributed by atoms with Crippen LogP contribution in [0.5, 0.6) is 0 Å². The van der Waals surface area contributed by atoms with Crippen LogP contribution in [0.25, 0.3) is 0 Å². The molecule has 32 heavy (non-hydrogen) atoms. The average molecular weight is 472 g/mol. The monoisotopic (exact) mass is 472 g/mol. The molecule has 0 radical (unpaired) electrons. The van der Waals surface area contributed by atoms with Gasteiger partial charge in [0, 0.05) is 0 Å². The molecule has 0 bridgehead atoms. The van der Waals surface area contributed by atoms with Gasteiger partial charge in [0.05, 0.1) is 12.7 Å². The van der Waals surface area contributed by atoms with Crippen molar-refractivity contribution in [1.82, 2.24) is 0 Å². The molecule has 9 N–H and O–H groups in total. The van der Waals surface area contributed by atoms with Crippen molar-refractivity contribution in [2.24, 2.45) is 0 Å². The molecule has 3 aliphatic heterocycles. The SMILES string of the molecule is C[C@@H]1O[C@@H](O[C@H]2[C@H](O[C@H]3C(O)O[C@H](C(=O)O)[C@@H](O)[C@@H]3O)OC[C@@H](O)[C@@H]2O)[C@H](O)[C@H](O)[C@H]1O. The second-order valence-electron chi connectivity index (χ2n) is 7.91. The van der Waals surface area contributed by atoms with Crippen LogP contribution in [0.3, 0.4) is 0 Å². The van der Waals surface area contributed by atoms with Gasteiger partial charge in [0.15, 0.2) is 25.0 Å². The highest BCUT2D eigenvalue weighted by molar-refractivity contribution is 5.73. The van der Waals surface area contributed by atoms with E-state index < -0.39 is 98.6 Å². The van der Waals surface area contributed by atoms with Gasteiger partial charge >= 0.3 is 5.97 Å². The molecule has 15 heteroatoms. The van der Waals surface area contributed by atoms with Crippen molar-refractivity contribution in [3.8, 4) is 0 Å². The third kappa shape index (κ3) is 4.90. The molecule has 0 spiro atoms. The summed E-state index contributed by atoms with van der Waals surface area (Å²) < 4.78 is 26.2. The van der Waals surface area contributed by atoms with Crippen molar-refractivity contribution in [2.45, 2.75) is 92.9 Å². The van der Waals surface area contributed by atoms with Crippen LogP contribution in [0.2, 0.25) is 0 Å². The van der Waals surface area contributed by atoms with E-state index in [1.165, 1.54) is 6.92 Å². The van der Waals surface area contributed by atoms with E-state index in [9.17, 15) is 45.6 Å². The number of carboxylic acid groups (broad SMARTS) is 1. The molecule has 3 fully saturated rings. The lowest BCUT2D eigenvalue weighted by atomic mass is 9.98. The maximum atomic E-state index is 11.1. The van der Waals surface area contributed by atoms with Gasteiger partial charge in [-0.05, 0) is 6.92 Å². The number of rotatable bonds is 5. The molecule has 14 atom stereocenters. The maximum Gasteiger partial charge on any atom is 0.335 e. The van der Waals surface area contributed by atoms with E-state index in [1.54, 1.807) is 0 Å². The van der Waals surface area contributed by atoms with Gasteiger partial charge in [-0.2, -0.15) is 0 Å². The fourth-order valence-corrected chi connectivity index (χ4v) is 3.67. The molecule has 15 nitrogen and oxygen atoms in total. The summed E-state index contributed by atoms with van der Waals surface area (Å²) in [4.78, 5) is 11.1. The molecule has 3 rings (SSSR count). The van der Waals surface area contributed by atoms with Crippen LogP contribution in [0.15, 0.2) is 0 Å². The zero-order valence-electron chi connectivity index (χ0n) is 16.8. The first-order chi connectivity index (χ1) is 14.9.